The van der Waals surface area contributed by atoms with Gasteiger partial charge in [0.05, 0.1) is 7.11 Å². The molecule has 0 aromatic heterocycles. The van der Waals surface area contributed by atoms with Gasteiger partial charge < -0.3 is 4.74 Å². The Morgan fingerprint density at radius 3 is 2.35 bits per heavy atom. The minimum Gasteiger partial charge on any atom is -0.496 e. The predicted octanol–water partition coefficient (Wildman–Crippen LogP) is 5.40. The van der Waals surface area contributed by atoms with Crippen LogP contribution in [0.4, 0.5) is 0 Å². The summed E-state index contributed by atoms with van der Waals surface area (Å²) in [5.74, 6) is 0.767. The van der Waals surface area contributed by atoms with Gasteiger partial charge in [-0.25, -0.2) is 0 Å². The summed E-state index contributed by atoms with van der Waals surface area (Å²) in [7, 11) is 1.65. The Hall–Kier alpha value is -2.58. The van der Waals surface area contributed by atoms with Crippen LogP contribution in [-0.2, 0) is 0 Å². The predicted molar refractivity (Wildman–Crippen MR) is 95.3 cm³/mol. The van der Waals surface area contributed by atoms with Gasteiger partial charge in [0.1, 0.15) is 5.75 Å². The highest BCUT2D eigenvalue weighted by Gasteiger charge is 2.05. The molecule has 0 spiro atoms. The van der Waals surface area contributed by atoms with Crippen LogP contribution in [-0.4, -0.2) is 12.9 Å². The molecule has 0 aliphatic heterocycles. The fraction of sp³-hybridized carbons (Fsp3) is 0.0500. The van der Waals surface area contributed by atoms with Crippen LogP contribution in [0.3, 0.4) is 0 Å². The number of halogens is 1. The van der Waals surface area contributed by atoms with Crippen molar-refractivity contribution in [3.63, 3.8) is 0 Å². The van der Waals surface area contributed by atoms with Crippen molar-refractivity contribution in [2.24, 2.45) is 0 Å². The van der Waals surface area contributed by atoms with Gasteiger partial charge in [-0.2, -0.15) is 0 Å². The van der Waals surface area contributed by atoms with Gasteiger partial charge in [0.2, 0.25) is 0 Å². The topological polar surface area (TPSA) is 26.3 Å². The summed E-state index contributed by atoms with van der Waals surface area (Å²) in [5.41, 5.74) is 1.59. The summed E-state index contributed by atoms with van der Waals surface area (Å²) in [5, 5.41) is 2.69. The summed E-state index contributed by atoms with van der Waals surface area (Å²) >= 11 is 5.84. The third kappa shape index (κ3) is 3.27. The SMILES string of the molecule is COc1ccc(C=CC(=O)c2ccc(Cl)cc2)c2ccccc12. The van der Waals surface area contributed by atoms with Crippen molar-refractivity contribution in [1.82, 2.24) is 0 Å². The van der Waals surface area contributed by atoms with Crippen LogP contribution in [0.25, 0.3) is 16.8 Å². The van der Waals surface area contributed by atoms with Crippen LogP contribution in [0.1, 0.15) is 15.9 Å². The van der Waals surface area contributed by atoms with Crippen LogP contribution in [0.5, 0.6) is 5.75 Å². The van der Waals surface area contributed by atoms with Crippen LogP contribution in [0.15, 0.2) is 66.7 Å². The van der Waals surface area contributed by atoms with E-state index in [2.05, 4.69) is 0 Å². The molecule has 0 amide bonds. The number of carbonyl (C=O) groups is 1. The van der Waals surface area contributed by atoms with E-state index in [1.807, 2.05) is 42.5 Å². The molecule has 0 fully saturated rings. The highest BCUT2D eigenvalue weighted by atomic mass is 35.5. The lowest BCUT2D eigenvalue weighted by Gasteiger charge is -2.07. The van der Waals surface area contributed by atoms with Crippen molar-refractivity contribution >= 4 is 34.2 Å². The first kappa shape index (κ1) is 15.3. The molecule has 2 nitrogen and oxygen atoms in total. The molecule has 0 aliphatic rings. The number of ether oxygens (including phenoxy) is 1. The average molecular weight is 323 g/mol. The molecule has 0 unspecified atom stereocenters. The third-order valence-electron chi connectivity index (χ3n) is 3.68. The van der Waals surface area contributed by atoms with Gasteiger partial charge in [-0.1, -0.05) is 48.0 Å². The van der Waals surface area contributed by atoms with Crippen molar-refractivity contribution in [2.45, 2.75) is 0 Å². The minimum absolute atomic E-state index is 0.0541. The molecule has 23 heavy (non-hydrogen) atoms. The van der Waals surface area contributed by atoms with E-state index < -0.39 is 0 Å². The number of ketones is 1. The Morgan fingerprint density at radius 2 is 1.65 bits per heavy atom. The van der Waals surface area contributed by atoms with E-state index in [9.17, 15) is 4.79 Å². The monoisotopic (exact) mass is 322 g/mol. The quantitative estimate of drug-likeness (QED) is 0.475. The third-order valence-corrected chi connectivity index (χ3v) is 3.93. The minimum atomic E-state index is -0.0541. The Bertz CT molecular complexity index is 880. The van der Waals surface area contributed by atoms with Crippen LogP contribution in [0, 0.1) is 0 Å². The van der Waals surface area contributed by atoms with Crippen LogP contribution >= 0.6 is 11.6 Å². The zero-order valence-corrected chi connectivity index (χ0v) is 13.4. The maximum atomic E-state index is 12.2. The van der Waals surface area contributed by atoms with E-state index >= 15 is 0 Å². The Balaban J connectivity index is 1.95. The number of hydrogen-bond acceptors (Lipinski definition) is 2. The van der Waals surface area contributed by atoms with Crippen molar-refractivity contribution in [1.29, 1.82) is 0 Å². The largest absolute Gasteiger partial charge is 0.496 e. The number of benzene rings is 3. The molecule has 0 saturated carbocycles. The van der Waals surface area contributed by atoms with E-state index in [1.165, 1.54) is 0 Å². The van der Waals surface area contributed by atoms with E-state index in [0.29, 0.717) is 10.6 Å². The molecule has 0 N–H and O–H groups in total. The molecule has 3 aromatic carbocycles. The van der Waals surface area contributed by atoms with E-state index in [0.717, 1.165) is 22.1 Å². The second-order valence-corrected chi connectivity index (χ2v) is 5.54. The molecular formula is C20H15ClO2. The molecule has 3 rings (SSSR count). The standard InChI is InChI=1S/C20H15ClO2/c1-23-20-13-9-14(17-4-2-3-5-18(17)20)8-12-19(22)15-6-10-16(21)11-7-15/h2-13H,1H3. The maximum Gasteiger partial charge on any atom is 0.185 e. The van der Waals surface area contributed by atoms with Gasteiger partial charge in [0, 0.05) is 16.0 Å². The number of fused-ring (bicyclic) bond motifs is 1. The normalized spacial score (nSPS) is 11.0. The lowest BCUT2D eigenvalue weighted by atomic mass is 10.0. The first-order valence-electron chi connectivity index (χ1n) is 7.23. The van der Waals surface area contributed by atoms with Crippen LogP contribution in [0.2, 0.25) is 5.02 Å². The van der Waals surface area contributed by atoms with E-state index in [4.69, 9.17) is 16.3 Å². The number of allylic oxidation sites excluding steroid dienone is 1. The average Bonchev–Trinajstić information content (AvgIpc) is 2.60. The summed E-state index contributed by atoms with van der Waals surface area (Å²) in [6.45, 7) is 0. The first-order chi connectivity index (χ1) is 11.2. The Labute approximate surface area is 140 Å². The van der Waals surface area contributed by atoms with Crippen LogP contribution < -0.4 is 4.74 Å². The number of carbonyl (C=O) groups excluding carboxylic acids is 1. The molecule has 0 radical (unpaired) electrons. The van der Waals surface area contributed by atoms with Gasteiger partial charge in [0.15, 0.2) is 5.78 Å². The molecule has 3 aromatic rings. The zero-order valence-electron chi connectivity index (χ0n) is 12.6. The lowest BCUT2D eigenvalue weighted by molar-refractivity contribution is 0.104. The summed E-state index contributed by atoms with van der Waals surface area (Å²) in [6, 6.07) is 18.7. The molecular weight excluding hydrogens is 308 g/mol. The van der Waals surface area contributed by atoms with E-state index in [1.54, 1.807) is 37.5 Å². The summed E-state index contributed by atoms with van der Waals surface area (Å²) in [6.07, 6.45) is 3.41. The lowest BCUT2D eigenvalue weighted by Crippen LogP contribution is -1.93. The highest BCUT2D eigenvalue weighted by Crippen LogP contribution is 2.29. The van der Waals surface area contributed by atoms with Gasteiger partial charge >= 0.3 is 0 Å². The van der Waals surface area contributed by atoms with Crippen molar-refractivity contribution in [2.75, 3.05) is 7.11 Å². The molecule has 0 atom stereocenters. The second kappa shape index (κ2) is 6.67. The first-order valence-corrected chi connectivity index (χ1v) is 7.60. The zero-order chi connectivity index (χ0) is 16.2. The number of rotatable bonds is 4. The van der Waals surface area contributed by atoms with Crippen molar-refractivity contribution < 1.29 is 9.53 Å². The Morgan fingerprint density at radius 1 is 0.957 bits per heavy atom. The van der Waals surface area contributed by atoms with Gasteiger partial charge in [-0.3, -0.25) is 4.79 Å². The maximum absolute atomic E-state index is 12.2. The molecule has 0 saturated heterocycles. The smallest absolute Gasteiger partial charge is 0.185 e. The molecule has 0 bridgehead atoms. The van der Waals surface area contributed by atoms with E-state index in [-0.39, 0.29) is 5.78 Å². The summed E-state index contributed by atoms with van der Waals surface area (Å²) < 4.78 is 5.39. The highest BCUT2D eigenvalue weighted by molar-refractivity contribution is 6.30. The van der Waals surface area contributed by atoms with Crippen molar-refractivity contribution in [3.8, 4) is 5.75 Å². The number of hydrogen-bond donors (Lipinski definition) is 0. The summed E-state index contributed by atoms with van der Waals surface area (Å²) in [4.78, 5) is 12.2. The molecule has 3 heteroatoms. The second-order valence-electron chi connectivity index (χ2n) is 5.11. The fourth-order valence-corrected chi connectivity index (χ4v) is 2.62. The number of methoxy groups -OCH3 is 1. The molecule has 0 heterocycles. The van der Waals surface area contributed by atoms with Gasteiger partial charge in [-0.15, -0.1) is 0 Å². The fourth-order valence-electron chi connectivity index (χ4n) is 2.49. The molecule has 114 valence electrons. The van der Waals surface area contributed by atoms with Gasteiger partial charge in [0.25, 0.3) is 0 Å². The molecule has 0 aliphatic carbocycles. The van der Waals surface area contributed by atoms with Gasteiger partial charge in [-0.05, 0) is 47.4 Å². The van der Waals surface area contributed by atoms with Crippen molar-refractivity contribution in [3.05, 3.63) is 82.9 Å². The Kier molecular flexibility index (Phi) is 4.45.